The van der Waals surface area contributed by atoms with Gasteiger partial charge in [0.15, 0.2) is 0 Å². The van der Waals surface area contributed by atoms with Gasteiger partial charge >= 0.3 is 0 Å². The van der Waals surface area contributed by atoms with Crippen LogP contribution < -0.4 is 5.32 Å². The highest BCUT2D eigenvalue weighted by Crippen LogP contribution is 2.10. The summed E-state index contributed by atoms with van der Waals surface area (Å²) in [7, 11) is 2.24. The van der Waals surface area contributed by atoms with Crippen molar-refractivity contribution in [3.05, 3.63) is 35.9 Å². The Kier molecular flexibility index (Phi) is 6.05. The van der Waals surface area contributed by atoms with Crippen LogP contribution in [0.2, 0.25) is 0 Å². The van der Waals surface area contributed by atoms with E-state index in [1.54, 1.807) is 0 Å². The number of likely N-dealkylation sites (N-methyl/N-ethyl adjacent to an activating group) is 1. The van der Waals surface area contributed by atoms with Crippen LogP contribution >= 0.6 is 11.8 Å². The van der Waals surface area contributed by atoms with E-state index in [2.05, 4.69) is 59.4 Å². The molecule has 0 bridgehead atoms. The number of hydrogen-bond donors (Lipinski definition) is 1. The molecular formula is C15H24N2S. The Balaban J connectivity index is 1.61. The summed E-state index contributed by atoms with van der Waals surface area (Å²) >= 11 is 2.08. The molecule has 1 fully saturated rings. The summed E-state index contributed by atoms with van der Waals surface area (Å²) < 4.78 is 0. The summed E-state index contributed by atoms with van der Waals surface area (Å²) in [6, 6.07) is 11.5. The molecule has 2 rings (SSSR count). The minimum Gasteiger partial charge on any atom is -0.312 e. The lowest BCUT2D eigenvalue weighted by Gasteiger charge is -2.25. The fourth-order valence-electron chi connectivity index (χ4n) is 2.26. The van der Waals surface area contributed by atoms with E-state index < -0.39 is 0 Å². The molecule has 100 valence electrons. The van der Waals surface area contributed by atoms with Crippen molar-refractivity contribution in [1.82, 2.24) is 10.2 Å². The van der Waals surface area contributed by atoms with Gasteiger partial charge in [-0.3, -0.25) is 0 Å². The van der Waals surface area contributed by atoms with Crippen molar-refractivity contribution >= 4 is 11.8 Å². The third kappa shape index (κ3) is 5.01. The van der Waals surface area contributed by atoms with Crippen LogP contribution in [0.1, 0.15) is 12.0 Å². The predicted octanol–water partition coefficient (Wildman–Crippen LogP) is 2.26. The minimum absolute atomic E-state index is 0.725. The molecule has 0 aliphatic carbocycles. The van der Waals surface area contributed by atoms with E-state index in [-0.39, 0.29) is 0 Å². The van der Waals surface area contributed by atoms with Gasteiger partial charge in [-0.05, 0) is 32.0 Å². The highest BCUT2D eigenvalue weighted by Gasteiger charge is 2.13. The van der Waals surface area contributed by atoms with Gasteiger partial charge in [0.2, 0.25) is 0 Å². The average Bonchev–Trinajstić information content (AvgIpc) is 2.45. The number of hydrogen-bond acceptors (Lipinski definition) is 3. The first kappa shape index (κ1) is 13.9. The normalized spacial score (nSPS) is 20.2. The molecule has 0 spiro atoms. The number of thioether (sulfide) groups is 1. The van der Waals surface area contributed by atoms with Crippen molar-refractivity contribution in [1.29, 1.82) is 0 Å². The SMILES string of the molecule is CN(CCc1ccccc1)CCC1CSCCN1. The molecule has 18 heavy (non-hydrogen) atoms. The van der Waals surface area contributed by atoms with E-state index in [9.17, 15) is 0 Å². The van der Waals surface area contributed by atoms with E-state index >= 15 is 0 Å². The Morgan fingerprint density at radius 3 is 2.83 bits per heavy atom. The average molecular weight is 264 g/mol. The fourth-order valence-corrected chi connectivity index (χ4v) is 3.26. The van der Waals surface area contributed by atoms with Crippen LogP contribution in [0.4, 0.5) is 0 Å². The van der Waals surface area contributed by atoms with Crippen LogP contribution in [-0.2, 0) is 6.42 Å². The molecule has 1 unspecified atom stereocenters. The largest absolute Gasteiger partial charge is 0.312 e. The lowest BCUT2D eigenvalue weighted by molar-refractivity contribution is 0.315. The van der Waals surface area contributed by atoms with Crippen LogP contribution in [0.15, 0.2) is 30.3 Å². The third-order valence-corrected chi connectivity index (χ3v) is 4.61. The molecular weight excluding hydrogens is 240 g/mol. The third-order valence-electron chi connectivity index (χ3n) is 3.48. The van der Waals surface area contributed by atoms with Crippen LogP contribution in [0.25, 0.3) is 0 Å². The van der Waals surface area contributed by atoms with E-state index in [0.717, 1.165) is 19.0 Å². The minimum atomic E-state index is 0.725. The molecule has 1 N–H and O–H groups in total. The summed E-state index contributed by atoms with van der Waals surface area (Å²) in [6.45, 7) is 3.54. The highest BCUT2D eigenvalue weighted by molar-refractivity contribution is 7.99. The Labute approximate surface area is 115 Å². The van der Waals surface area contributed by atoms with Gasteiger partial charge in [-0.15, -0.1) is 0 Å². The van der Waals surface area contributed by atoms with Gasteiger partial charge in [0, 0.05) is 30.6 Å². The molecule has 2 nitrogen and oxygen atoms in total. The molecule has 1 aromatic carbocycles. The molecule has 1 aromatic rings. The van der Waals surface area contributed by atoms with E-state index in [4.69, 9.17) is 0 Å². The zero-order chi connectivity index (χ0) is 12.6. The first-order chi connectivity index (χ1) is 8.84. The van der Waals surface area contributed by atoms with Gasteiger partial charge in [-0.1, -0.05) is 30.3 Å². The first-order valence-electron chi connectivity index (χ1n) is 6.88. The molecule has 0 amide bonds. The second kappa shape index (κ2) is 7.82. The summed E-state index contributed by atoms with van der Waals surface area (Å²) in [5, 5.41) is 3.60. The standard InChI is InChI=1S/C15H24N2S/c1-17(10-7-14-5-3-2-4-6-14)11-8-15-13-18-12-9-16-15/h2-6,15-16H,7-13H2,1H3. The summed E-state index contributed by atoms with van der Waals surface area (Å²) in [4.78, 5) is 2.45. The van der Waals surface area contributed by atoms with Crippen molar-refractivity contribution in [2.24, 2.45) is 0 Å². The Morgan fingerprint density at radius 1 is 1.28 bits per heavy atom. The smallest absolute Gasteiger partial charge is 0.0170 e. The fraction of sp³-hybridized carbons (Fsp3) is 0.600. The van der Waals surface area contributed by atoms with E-state index in [1.165, 1.54) is 36.6 Å². The maximum atomic E-state index is 3.60. The molecule has 1 heterocycles. The van der Waals surface area contributed by atoms with Gasteiger partial charge in [-0.25, -0.2) is 0 Å². The maximum absolute atomic E-state index is 3.60. The zero-order valence-electron chi connectivity index (χ0n) is 11.3. The maximum Gasteiger partial charge on any atom is 0.0170 e. The van der Waals surface area contributed by atoms with Gasteiger partial charge in [0.25, 0.3) is 0 Å². The Hall–Kier alpha value is -0.510. The molecule has 1 aliphatic heterocycles. The van der Waals surface area contributed by atoms with Crippen LogP contribution in [0.3, 0.4) is 0 Å². The van der Waals surface area contributed by atoms with Crippen LogP contribution in [0.5, 0.6) is 0 Å². The van der Waals surface area contributed by atoms with Crippen LogP contribution in [0, 0.1) is 0 Å². The monoisotopic (exact) mass is 264 g/mol. The number of nitrogens with zero attached hydrogens (tertiary/aromatic N) is 1. The van der Waals surface area contributed by atoms with Crippen molar-refractivity contribution in [3.63, 3.8) is 0 Å². The zero-order valence-corrected chi connectivity index (χ0v) is 12.1. The number of rotatable bonds is 6. The molecule has 0 aromatic heterocycles. The summed E-state index contributed by atoms with van der Waals surface area (Å²) in [6.07, 6.45) is 2.43. The predicted molar refractivity (Wildman–Crippen MR) is 81.4 cm³/mol. The van der Waals surface area contributed by atoms with Crippen molar-refractivity contribution in [2.75, 3.05) is 38.2 Å². The number of benzene rings is 1. The van der Waals surface area contributed by atoms with Crippen molar-refractivity contribution < 1.29 is 0 Å². The second-order valence-corrected chi connectivity index (χ2v) is 6.20. The first-order valence-corrected chi connectivity index (χ1v) is 8.03. The Morgan fingerprint density at radius 2 is 2.11 bits per heavy atom. The molecule has 1 aliphatic rings. The molecule has 0 saturated carbocycles. The molecule has 1 saturated heterocycles. The molecule has 1 atom stereocenters. The van der Waals surface area contributed by atoms with Crippen molar-refractivity contribution in [3.8, 4) is 0 Å². The van der Waals surface area contributed by atoms with Gasteiger partial charge in [-0.2, -0.15) is 11.8 Å². The van der Waals surface area contributed by atoms with Gasteiger partial charge < -0.3 is 10.2 Å². The van der Waals surface area contributed by atoms with E-state index in [1.807, 2.05) is 0 Å². The Bertz CT molecular complexity index is 323. The van der Waals surface area contributed by atoms with Crippen LogP contribution in [-0.4, -0.2) is 49.1 Å². The second-order valence-electron chi connectivity index (χ2n) is 5.05. The van der Waals surface area contributed by atoms with E-state index in [0.29, 0.717) is 0 Å². The quantitative estimate of drug-likeness (QED) is 0.848. The van der Waals surface area contributed by atoms with Gasteiger partial charge in [0.05, 0.1) is 0 Å². The lowest BCUT2D eigenvalue weighted by Crippen LogP contribution is -2.39. The lowest BCUT2D eigenvalue weighted by atomic mass is 10.1. The highest BCUT2D eigenvalue weighted by atomic mass is 32.2. The molecule has 0 radical (unpaired) electrons. The topological polar surface area (TPSA) is 15.3 Å². The summed E-state index contributed by atoms with van der Waals surface area (Å²) in [5.74, 6) is 2.56. The summed E-state index contributed by atoms with van der Waals surface area (Å²) in [5.41, 5.74) is 1.44. The van der Waals surface area contributed by atoms with Crippen molar-refractivity contribution in [2.45, 2.75) is 18.9 Å². The number of nitrogens with one attached hydrogen (secondary N) is 1. The van der Waals surface area contributed by atoms with Gasteiger partial charge in [0.1, 0.15) is 0 Å². The molecule has 3 heteroatoms.